The number of nitrogens with one attached hydrogen (secondary N) is 2. The first-order valence-corrected chi connectivity index (χ1v) is 9.69. The van der Waals surface area contributed by atoms with Gasteiger partial charge in [-0.3, -0.25) is 0 Å². The number of methoxy groups -OCH3 is 2. The van der Waals surface area contributed by atoms with E-state index in [-0.39, 0.29) is 30.0 Å². The standard InChI is InChI=1S/C19H28N4O2S.HI/c1-6-18-23-14(12-26-18)11-21-19(20-7-2)22-13(3)16-10-15(24-4)8-9-17(16)25-5;/h8-10,12-13H,6-7,11H2,1-5H3,(H2,20,21,22);1H. The number of benzene rings is 1. The number of aromatic nitrogens is 1. The highest BCUT2D eigenvalue weighted by Gasteiger charge is 2.14. The molecule has 0 aliphatic carbocycles. The minimum atomic E-state index is -0.000475. The van der Waals surface area contributed by atoms with Crippen LogP contribution in [0.3, 0.4) is 0 Å². The number of hydrogen-bond donors (Lipinski definition) is 2. The summed E-state index contributed by atoms with van der Waals surface area (Å²) in [7, 11) is 3.33. The van der Waals surface area contributed by atoms with E-state index in [1.807, 2.05) is 25.1 Å². The summed E-state index contributed by atoms with van der Waals surface area (Å²) in [6.07, 6.45) is 0.958. The van der Waals surface area contributed by atoms with Crippen molar-refractivity contribution < 1.29 is 9.47 Å². The third-order valence-electron chi connectivity index (χ3n) is 3.90. The Kier molecular flexibility index (Phi) is 10.5. The first-order chi connectivity index (χ1) is 12.6. The summed E-state index contributed by atoms with van der Waals surface area (Å²) in [6.45, 7) is 7.56. The molecule has 0 amide bonds. The van der Waals surface area contributed by atoms with Gasteiger partial charge in [0.05, 0.1) is 37.5 Å². The van der Waals surface area contributed by atoms with E-state index >= 15 is 0 Å². The van der Waals surface area contributed by atoms with Gasteiger partial charge in [0.25, 0.3) is 0 Å². The van der Waals surface area contributed by atoms with Crippen LogP contribution in [0.1, 0.15) is 43.1 Å². The molecule has 0 saturated heterocycles. The van der Waals surface area contributed by atoms with Crippen LogP contribution in [0.2, 0.25) is 0 Å². The predicted octanol–water partition coefficient (Wildman–Crippen LogP) is 4.16. The molecule has 0 saturated carbocycles. The van der Waals surface area contributed by atoms with Crippen molar-refractivity contribution in [1.29, 1.82) is 0 Å². The Morgan fingerprint density at radius 3 is 2.63 bits per heavy atom. The van der Waals surface area contributed by atoms with Gasteiger partial charge < -0.3 is 20.1 Å². The summed E-state index contributed by atoms with van der Waals surface area (Å²) < 4.78 is 10.8. The van der Waals surface area contributed by atoms with Crippen LogP contribution < -0.4 is 20.1 Å². The van der Waals surface area contributed by atoms with Gasteiger partial charge in [-0.1, -0.05) is 6.92 Å². The highest BCUT2D eigenvalue weighted by molar-refractivity contribution is 14.0. The highest BCUT2D eigenvalue weighted by Crippen LogP contribution is 2.29. The van der Waals surface area contributed by atoms with Crippen molar-refractivity contribution in [1.82, 2.24) is 15.6 Å². The molecular weight excluding hydrogens is 475 g/mol. The smallest absolute Gasteiger partial charge is 0.192 e. The van der Waals surface area contributed by atoms with Gasteiger partial charge in [-0.25, -0.2) is 9.98 Å². The van der Waals surface area contributed by atoms with Crippen LogP contribution >= 0.6 is 35.3 Å². The quantitative estimate of drug-likeness (QED) is 0.321. The first-order valence-electron chi connectivity index (χ1n) is 8.81. The number of thiazole rings is 1. The number of ether oxygens (including phenoxy) is 2. The van der Waals surface area contributed by atoms with Crippen LogP contribution in [-0.4, -0.2) is 31.7 Å². The number of rotatable bonds is 8. The molecule has 0 bridgehead atoms. The maximum Gasteiger partial charge on any atom is 0.192 e. The molecule has 0 aliphatic heterocycles. The number of nitrogens with zero attached hydrogens (tertiary/aromatic N) is 2. The van der Waals surface area contributed by atoms with Gasteiger partial charge in [0.15, 0.2) is 5.96 Å². The molecular formula is C19H29IN4O2S. The third kappa shape index (κ3) is 6.84. The summed E-state index contributed by atoms with van der Waals surface area (Å²) in [5.41, 5.74) is 2.01. The van der Waals surface area contributed by atoms with Crippen LogP contribution in [0.5, 0.6) is 11.5 Å². The van der Waals surface area contributed by atoms with Crippen molar-refractivity contribution in [3.05, 3.63) is 39.8 Å². The minimum absolute atomic E-state index is 0. The minimum Gasteiger partial charge on any atom is -0.497 e. The molecule has 1 heterocycles. The largest absolute Gasteiger partial charge is 0.497 e. The lowest BCUT2D eigenvalue weighted by molar-refractivity contribution is 0.394. The third-order valence-corrected chi connectivity index (χ3v) is 4.94. The summed E-state index contributed by atoms with van der Waals surface area (Å²) in [6, 6.07) is 5.79. The molecule has 27 heavy (non-hydrogen) atoms. The number of halogens is 1. The van der Waals surface area contributed by atoms with Crippen molar-refractivity contribution >= 4 is 41.3 Å². The molecule has 1 aromatic carbocycles. The van der Waals surface area contributed by atoms with Gasteiger partial charge in [-0.2, -0.15) is 0 Å². The summed E-state index contributed by atoms with van der Waals surface area (Å²) in [4.78, 5) is 9.23. The fourth-order valence-electron chi connectivity index (χ4n) is 2.52. The average molecular weight is 504 g/mol. The van der Waals surface area contributed by atoms with Crippen molar-refractivity contribution in [3.63, 3.8) is 0 Å². The van der Waals surface area contributed by atoms with E-state index in [1.165, 1.54) is 0 Å². The van der Waals surface area contributed by atoms with Crippen molar-refractivity contribution in [2.75, 3.05) is 20.8 Å². The Morgan fingerprint density at radius 1 is 1.26 bits per heavy atom. The maximum absolute atomic E-state index is 5.49. The Morgan fingerprint density at radius 2 is 2.04 bits per heavy atom. The van der Waals surface area contributed by atoms with E-state index in [9.17, 15) is 0 Å². The second-order valence-corrected chi connectivity index (χ2v) is 6.70. The van der Waals surface area contributed by atoms with Gasteiger partial charge >= 0.3 is 0 Å². The summed E-state index contributed by atoms with van der Waals surface area (Å²) >= 11 is 1.68. The van der Waals surface area contributed by atoms with Crippen LogP contribution in [-0.2, 0) is 13.0 Å². The normalized spacial score (nSPS) is 12.1. The Bertz CT molecular complexity index is 736. The topological polar surface area (TPSA) is 67.8 Å². The lowest BCUT2D eigenvalue weighted by Gasteiger charge is -2.20. The van der Waals surface area contributed by atoms with E-state index in [1.54, 1.807) is 25.6 Å². The second-order valence-electron chi connectivity index (χ2n) is 5.76. The zero-order chi connectivity index (χ0) is 18.9. The summed E-state index contributed by atoms with van der Waals surface area (Å²) in [5.74, 6) is 2.36. The highest BCUT2D eigenvalue weighted by atomic mass is 127. The first kappa shape index (κ1) is 23.5. The molecule has 0 fully saturated rings. The predicted molar refractivity (Wildman–Crippen MR) is 123 cm³/mol. The SMILES string of the molecule is CCNC(=NCc1csc(CC)n1)NC(C)c1cc(OC)ccc1OC.I. The van der Waals surface area contributed by atoms with Crippen LogP contribution in [0, 0.1) is 0 Å². The van der Waals surface area contributed by atoms with Gasteiger partial charge in [-0.05, 0) is 38.5 Å². The zero-order valence-corrected chi connectivity index (χ0v) is 19.7. The molecule has 1 atom stereocenters. The molecule has 0 radical (unpaired) electrons. The van der Waals surface area contributed by atoms with E-state index in [4.69, 9.17) is 9.47 Å². The fourth-order valence-corrected chi connectivity index (χ4v) is 3.26. The Hall–Kier alpha value is -1.55. The molecule has 0 aliphatic rings. The Labute approximate surface area is 182 Å². The molecule has 2 rings (SSSR count). The lowest BCUT2D eigenvalue weighted by atomic mass is 10.1. The van der Waals surface area contributed by atoms with E-state index < -0.39 is 0 Å². The number of aliphatic imine (C=N–C) groups is 1. The van der Waals surface area contributed by atoms with Gasteiger partial charge in [-0.15, -0.1) is 35.3 Å². The summed E-state index contributed by atoms with van der Waals surface area (Å²) in [5, 5.41) is 9.92. The molecule has 150 valence electrons. The molecule has 1 unspecified atom stereocenters. The van der Waals surface area contributed by atoms with E-state index in [0.29, 0.717) is 6.54 Å². The van der Waals surface area contributed by atoms with Crippen LogP contribution in [0.25, 0.3) is 0 Å². The van der Waals surface area contributed by atoms with Gasteiger partial charge in [0, 0.05) is 17.5 Å². The number of aryl methyl sites for hydroxylation is 1. The molecule has 2 N–H and O–H groups in total. The van der Waals surface area contributed by atoms with Crippen molar-refractivity contribution in [2.45, 2.75) is 39.8 Å². The molecule has 2 aromatic rings. The zero-order valence-electron chi connectivity index (χ0n) is 16.5. The second kappa shape index (κ2) is 12.0. The lowest BCUT2D eigenvalue weighted by Crippen LogP contribution is -2.38. The number of guanidine groups is 1. The molecule has 1 aromatic heterocycles. The monoisotopic (exact) mass is 504 g/mol. The Balaban J connectivity index is 0.00000364. The maximum atomic E-state index is 5.49. The van der Waals surface area contributed by atoms with Crippen LogP contribution in [0.4, 0.5) is 0 Å². The molecule has 8 heteroatoms. The van der Waals surface area contributed by atoms with Crippen molar-refractivity contribution in [3.8, 4) is 11.5 Å². The van der Waals surface area contributed by atoms with Crippen LogP contribution in [0.15, 0.2) is 28.6 Å². The van der Waals surface area contributed by atoms with E-state index in [2.05, 4.69) is 39.8 Å². The average Bonchev–Trinajstić information content (AvgIpc) is 3.13. The number of hydrogen-bond acceptors (Lipinski definition) is 5. The van der Waals surface area contributed by atoms with Gasteiger partial charge in [0.1, 0.15) is 11.5 Å². The van der Waals surface area contributed by atoms with Crippen molar-refractivity contribution in [2.24, 2.45) is 4.99 Å². The molecule has 0 spiro atoms. The van der Waals surface area contributed by atoms with E-state index in [0.717, 1.165) is 46.7 Å². The molecule has 6 nitrogen and oxygen atoms in total. The fraction of sp³-hybridized carbons (Fsp3) is 0.474. The van der Waals surface area contributed by atoms with Gasteiger partial charge in [0.2, 0.25) is 0 Å².